The predicted octanol–water partition coefficient (Wildman–Crippen LogP) is 4.26. The van der Waals surface area contributed by atoms with Gasteiger partial charge in [-0.25, -0.2) is 0 Å². The first kappa shape index (κ1) is 14.8. The third-order valence-electron chi connectivity index (χ3n) is 3.21. The van der Waals surface area contributed by atoms with Crippen molar-refractivity contribution in [2.45, 2.75) is 58.0 Å². The Kier molecular flexibility index (Phi) is 6.54. The van der Waals surface area contributed by atoms with E-state index in [1.165, 1.54) is 19.3 Å². The van der Waals surface area contributed by atoms with E-state index in [0.29, 0.717) is 6.42 Å². The van der Waals surface area contributed by atoms with Gasteiger partial charge in [-0.3, -0.25) is 0 Å². The van der Waals surface area contributed by atoms with Crippen molar-refractivity contribution in [2.24, 2.45) is 0 Å². The van der Waals surface area contributed by atoms with Crippen molar-refractivity contribution in [1.82, 2.24) is 0 Å². The monoisotopic (exact) mass is 244 g/mol. The lowest BCUT2D eigenvalue weighted by molar-refractivity contribution is 0.0958. The molecule has 0 aliphatic carbocycles. The van der Waals surface area contributed by atoms with Gasteiger partial charge in [-0.05, 0) is 18.4 Å². The summed E-state index contributed by atoms with van der Waals surface area (Å²) in [5.74, 6) is 6.18. The Morgan fingerprint density at radius 3 is 2.39 bits per heavy atom. The van der Waals surface area contributed by atoms with E-state index in [9.17, 15) is 5.11 Å². The van der Waals surface area contributed by atoms with Crippen molar-refractivity contribution in [3.63, 3.8) is 0 Å². The molecule has 1 unspecified atom stereocenters. The van der Waals surface area contributed by atoms with Gasteiger partial charge in [-0.1, -0.05) is 75.3 Å². The van der Waals surface area contributed by atoms with Gasteiger partial charge < -0.3 is 5.11 Å². The van der Waals surface area contributed by atoms with Crippen LogP contribution in [0, 0.1) is 11.8 Å². The normalized spacial score (nSPS) is 13.5. The van der Waals surface area contributed by atoms with Gasteiger partial charge in [-0.15, -0.1) is 0 Å². The highest BCUT2D eigenvalue weighted by Gasteiger charge is 2.23. The SMILES string of the molecule is CCCCCCC#CC(O)(CC)c1ccccc1. The van der Waals surface area contributed by atoms with Crippen LogP contribution < -0.4 is 0 Å². The Hall–Kier alpha value is -1.26. The largest absolute Gasteiger partial charge is 0.373 e. The lowest BCUT2D eigenvalue weighted by atomic mass is 9.91. The minimum atomic E-state index is -0.980. The molecule has 1 aromatic carbocycles. The van der Waals surface area contributed by atoms with Crippen molar-refractivity contribution < 1.29 is 5.11 Å². The molecule has 98 valence electrons. The molecule has 0 heterocycles. The van der Waals surface area contributed by atoms with Crippen molar-refractivity contribution >= 4 is 0 Å². The maximum atomic E-state index is 10.5. The maximum absolute atomic E-state index is 10.5. The molecule has 1 aromatic rings. The number of benzene rings is 1. The molecule has 1 atom stereocenters. The van der Waals surface area contributed by atoms with E-state index < -0.39 is 5.60 Å². The van der Waals surface area contributed by atoms with Gasteiger partial charge in [0.1, 0.15) is 0 Å². The first-order valence-corrected chi connectivity index (χ1v) is 7.01. The summed E-state index contributed by atoms with van der Waals surface area (Å²) >= 11 is 0. The van der Waals surface area contributed by atoms with E-state index in [-0.39, 0.29) is 0 Å². The van der Waals surface area contributed by atoms with Gasteiger partial charge in [0.15, 0.2) is 5.60 Å². The third-order valence-corrected chi connectivity index (χ3v) is 3.21. The van der Waals surface area contributed by atoms with E-state index in [4.69, 9.17) is 0 Å². The quantitative estimate of drug-likeness (QED) is 0.585. The fourth-order valence-electron chi connectivity index (χ4n) is 1.93. The highest BCUT2D eigenvalue weighted by molar-refractivity contribution is 5.31. The number of hydrogen-bond acceptors (Lipinski definition) is 1. The van der Waals surface area contributed by atoms with Crippen molar-refractivity contribution in [3.8, 4) is 11.8 Å². The topological polar surface area (TPSA) is 20.2 Å². The molecule has 0 aliphatic heterocycles. The molecule has 1 rings (SSSR count). The molecule has 0 amide bonds. The number of aliphatic hydroxyl groups is 1. The van der Waals surface area contributed by atoms with E-state index in [1.807, 2.05) is 37.3 Å². The fourth-order valence-corrected chi connectivity index (χ4v) is 1.93. The van der Waals surface area contributed by atoms with Gasteiger partial charge >= 0.3 is 0 Å². The van der Waals surface area contributed by atoms with Crippen molar-refractivity contribution in [2.75, 3.05) is 0 Å². The van der Waals surface area contributed by atoms with Crippen LogP contribution in [0.25, 0.3) is 0 Å². The summed E-state index contributed by atoms with van der Waals surface area (Å²) in [6.45, 7) is 4.18. The van der Waals surface area contributed by atoms with Crippen LogP contribution in [0.2, 0.25) is 0 Å². The summed E-state index contributed by atoms with van der Waals surface area (Å²) in [6, 6.07) is 9.72. The summed E-state index contributed by atoms with van der Waals surface area (Å²) in [7, 11) is 0. The van der Waals surface area contributed by atoms with Gasteiger partial charge in [0, 0.05) is 6.42 Å². The zero-order valence-corrected chi connectivity index (χ0v) is 11.6. The molecule has 18 heavy (non-hydrogen) atoms. The number of hydrogen-bond donors (Lipinski definition) is 1. The van der Waals surface area contributed by atoms with Crippen LogP contribution in [0.3, 0.4) is 0 Å². The molecule has 0 radical (unpaired) electrons. The second kappa shape index (κ2) is 7.95. The lowest BCUT2D eigenvalue weighted by Crippen LogP contribution is -2.22. The van der Waals surface area contributed by atoms with E-state index in [2.05, 4.69) is 18.8 Å². The summed E-state index contributed by atoms with van der Waals surface area (Å²) in [5, 5.41) is 10.5. The standard InChI is InChI=1S/C17H24O/c1-3-5-6-7-8-12-15-17(18,4-2)16-13-10-9-11-14-16/h9-11,13-14,18H,3-8H2,1-2H3. The van der Waals surface area contributed by atoms with Gasteiger partial charge in [0.2, 0.25) is 0 Å². The summed E-state index contributed by atoms with van der Waals surface area (Å²) < 4.78 is 0. The maximum Gasteiger partial charge on any atom is 0.150 e. The molecule has 1 heteroatoms. The summed E-state index contributed by atoms with van der Waals surface area (Å²) in [6.07, 6.45) is 6.40. The van der Waals surface area contributed by atoms with Crippen LogP contribution in [0.15, 0.2) is 30.3 Å². The number of unbranched alkanes of at least 4 members (excludes halogenated alkanes) is 4. The zero-order valence-electron chi connectivity index (χ0n) is 11.6. The molecule has 1 nitrogen and oxygen atoms in total. The Balaban J connectivity index is 2.58. The molecule has 0 spiro atoms. The second-order valence-corrected chi connectivity index (χ2v) is 4.69. The third kappa shape index (κ3) is 4.55. The first-order valence-electron chi connectivity index (χ1n) is 7.01. The van der Waals surface area contributed by atoms with Gasteiger partial charge in [0.05, 0.1) is 0 Å². The molecule has 1 N–H and O–H groups in total. The first-order chi connectivity index (χ1) is 8.73. The lowest BCUT2D eigenvalue weighted by Gasteiger charge is -2.20. The molecular formula is C17H24O. The van der Waals surface area contributed by atoms with Gasteiger partial charge in [0.25, 0.3) is 0 Å². The average Bonchev–Trinajstić information content (AvgIpc) is 2.43. The van der Waals surface area contributed by atoms with E-state index >= 15 is 0 Å². The highest BCUT2D eigenvalue weighted by atomic mass is 16.3. The summed E-state index contributed by atoms with van der Waals surface area (Å²) in [4.78, 5) is 0. The molecule has 0 saturated carbocycles. The average molecular weight is 244 g/mol. The summed E-state index contributed by atoms with van der Waals surface area (Å²) in [5.41, 5.74) is -0.0833. The van der Waals surface area contributed by atoms with Crippen LogP contribution in [-0.2, 0) is 5.60 Å². The smallest absolute Gasteiger partial charge is 0.150 e. The van der Waals surface area contributed by atoms with Crippen LogP contribution >= 0.6 is 0 Å². The van der Waals surface area contributed by atoms with Gasteiger partial charge in [-0.2, -0.15) is 0 Å². The zero-order chi connectivity index (χ0) is 13.3. The fraction of sp³-hybridized carbons (Fsp3) is 0.529. The molecular weight excluding hydrogens is 220 g/mol. The molecule has 0 saturated heterocycles. The minimum Gasteiger partial charge on any atom is -0.373 e. The molecule has 0 aromatic heterocycles. The Labute approximate surface area is 111 Å². The second-order valence-electron chi connectivity index (χ2n) is 4.69. The highest BCUT2D eigenvalue weighted by Crippen LogP contribution is 2.23. The van der Waals surface area contributed by atoms with Crippen LogP contribution in [0.1, 0.15) is 57.9 Å². The Bertz CT molecular complexity index is 385. The molecule has 0 aliphatic rings. The van der Waals surface area contributed by atoms with Crippen LogP contribution in [-0.4, -0.2) is 5.11 Å². The predicted molar refractivity (Wildman–Crippen MR) is 77.2 cm³/mol. The van der Waals surface area contributed by atoms with E-state index in [1.54, 1.807) is 0 Å². The molecule has 0 bridgehead atoms. The number of rotatable bonds is 6. The Morgan fingerprint density at radius 1 is 1.06 bits per heavy atom. The van der Waals surface area contributed by atoms with E-state index in [0.717, 1.165) is 18.4 Å². The van der Waals surface area contributed by atoms with Crippen molar-refractivity contribution in [3.05, 3.63) is 35.9 Å². The molecule has 0 fully saturated rings. The van der Waals surface area contributed by atoms with Crippen LogP contribution in [0.5, 0.6) is 0 Å². The van der Waals surface area contributed by atoms with Crippen molar-refractivity contribution in [1.29, 1.82) is 0 Å². The minimum absolute atomic E-state index is 0.624. The van der Waals surface area contributed by atoms with Crippen LogP contribution in [0.4, 0.5) is 0 Å². The Morgan fingerprint density at radius 2 is 1.78 bits per heavy atom.